The maximum Gasteiger partial charge on any atom is 0.167 e. The van der Waals surface area contributed by atoms with Crippen LogP contribution in [-0.4, -0.2) is 43.2 Å². The van der Waals surface area contributed by atoms with Gasteiger partial charge in [0, 0.05) is 23.6 Å². The molecule has 0 bridgehead atoms. The third kappa shape index (κ3) is 2.51. The molecule has 1 aromatic carbocycles. The number of aromatic nitrogens is 5. The van der Waals surface area contributed by atoms with E-state index in [1.165, 1.54) is 35.0 Å². The van der Waals surface area contributed by atoms with Crippen LogP contribution in [0, 0.1) is 6.92 Å². The van der Waals surface area contributed by atoms with E-state index in [9.17, 15) is 0 Å². The second-order valence-electron chi connectivity index (χ2n) is 6.86. The highest BCUT2D eigenvalue weighted by Gasteiger charge is 2.28. The van der Waals surface area contributed by atoms with E-state index in [1.54, 1.807) is 4.68 Å². The molecular formula is C18H24N6. The summed E-state index contributed by atoms with van der Waals surface area (Å²) in [5.74, 6) is 1.57. The standard InChI is InChI=1S/C18H24N6/c1-12-17(15-6-4-5-7-16(15)19-12)14-8-10-24(11-9-14)13(2)18-20-21-22-23(18)3/h4-7,13-14,19H,8-11H2,1-3H3/t13-/m1/s1. The van der Waals surface area contributed by atoms with Crippen molar-refractivity contribution in [1.29, 1.82) is 0 Å². The quantitative estimate of drug-likeness (QED) is 0.804. The van der Waals surface area contributed by atoms with Crippen LogP contribution in [0.2, 0.25) is 0 Å². The van der Waals surface area contributed by atoms with Gasteiger partial charge in [-0.15, -0.1) is 5.10 Å². The fourth-order valence-corrected chi connectivity index (χ4v) is 4.15. The van der Waals surface area contributed by atoms with Crippen LogP contribution in [0.5, 0.6) is 0 Å². The van der Waals surface area contributed by atoms with Gasteiger partial charge in [0.05, 0.1) is 6.04 Å². The van der Waals surface area contributed by atoms with E-state index in [-0.39, 0.29) is 6.04 Å². The normalized spacial score (nSPS) is 18.3. The van der Waals surface area contributed by atoms with Gasteiger partial charge in [-0.1, -0.05) is 18.2 Å². The summed E-state index contributed by atoms with van der Waals surface area (Å²) in [6.07, 6.45) is 2.36. The number of piperidine rings is 1. The Bertz CT molecular complexity index is 840. The van der Waals surface area contributed by atoms with Crippen molar-refractivity contribution in [1.82, 2.24) is 30.1 Å². The largest absolute Gasteiger partial charge is 0.358 e. The molecule has 0 saturated carbocycles. The van der Waals surface area contributed by atoms with Crippen molar-refractivity contribution in [3.05, 3.63) is 41.3 Å². The van der Waals surface area contributed by atoms with Gasteiger partial charge in [-0.2, -0.15) is 0 Å². The first-order valence-corrected chi connectivity index (χ1v) is 8.68. The molecule has 0 amide bonds. The number of likely N-dealkylation sites (tertiary alicyclic amines) is 1. The Morgan fingerprint density at radius 1 is 1.21 bits per heavy atom. The maximum atomic E-state index is 4.17. The predicted molar refractivity (Wildman–Crippen MR) is 93.8 cm³/mol. The first-order chi connectivity index (χ1) is 11.6. The topological polar surface area (TPSA) is 62.6 Å². The summed E-state index contributed by atoms with van der Waals surface area (Å²) in [5.41, 5.74) is 4.09. The van der Waals surface area contributed by atoms with Crippen molar-refractivity contribution < 1.29 is 0 Å². The Hall–Kier alpha value is -2.21. The highest BCUT2D eigenvalue weighted by Crippen LogP contribution is 2.37. The number of rotatable bonds is 3. The number of para-hydroxylation sites is 1. The van der Waals surface area contributed by atoms with Crippen LogP contribution in [0.25, 0.3) is 10.9 Å². The van der Waals surface area contributed by atoms with E-state index in [2.05, 4.69) is 63.5 Å². The molecule has 1 aliphatic rings. The highest BCUT2D eigenvalue weighted by molar-refractivity contribution is 5.85. The van der Waals surface area contributed by atoms with E-state index in [0.29, 0.717) is 5.92 Å². The van der Waals surface area contributed by atoms with Crippen LogP contribution in [0.4, 0.5) is 0 Å². The van der Waals surface area contributed by atoms with Gasteiger partial charge in [0.1, 0.15) is 0 Å². The molecule has 0 radical (unpaired) electrons. The number of H-pyrrole nitrogens is 1. The van der Waals surface area contributed by atoms with Crippen molar-refractivity contribution in [2.75, 3.05) is 13.1 Å². The monoisotopic (exact) mass is 324 g/mol. The number of hydrogen-bond donors (Lipinski definition) is 1. The zero-order valence-corrected chi connectivity index (χ0v) is 14.5. The second kappa shape index (κ2) is 6.02. The number of hydrogen-bond acceptors (Lipinski definition) is 4. The molecule has 3 aromatic rings. The zero-order valence-electron chi connectivity index (χ0n) is 14.5. The molecule has 4 rings (SSSR count). The van der Waals surface area contributed by atoms with Crippen LogP contribution in [0.3, 0.4) is 0 Å². The lowest BCUT2D eigenvalue weighted by molar-refractivity contribution is 0.154. The molecule has 1 N–H and O–H groups in total. The summed E-state index contributed by atoms with van der Waals surface area (Å²) in [6, 6.07) is 8.91. The Morgan fingerprint density at radius 3 is 2.67 bits per heavy atom. The van der Waals surface area contributed by atoms with Gasteiger partial charge in [-0.05, 0) is 67.8 Å². The smallest absolute Gasteiger partial charge is 0.167 e. The summed E-state index contributed by atoms with van der Waals surface area (Å²) < 4.78 is 1.78. The fourth-order valence-electron chi connectivity index (χ4n) is 4.15. The van der Waals surface area contributed by atoms with Crippen molar-refractivity contribution >= 4 is 10.9 Å². The Balaban J connectivity index is 1.52. The molecule has 0 unspecified atom stereocenters. The van der Waals surface area contributed by atoms with E-state index < -0.39 is 0 Å². The minimum atomic E-state index is 0.259. The molecule has 6 heteroatoms. The van der Waals surface area contributed by atoms with Gasteiger partial charge >= 0.3 is 0 Å². The van der Waals surface area contributed by atoms with Crippen LogP contribution < -0.4 is 0 Å². The number of aromatic amines is 1. The third-order valence-corrected chi connectivity index (χ3v) is 5.46. The molecule has 0 spiro atoms. The Labute approximate surface area is 141 Å². The van der Waals surface area contributed by atoms with Gasteiger partial charge in [-0.25, -0.2) is 4.68 Å². The van der Waals surface area contributed by atoms with Crippen molar-refractivity contribution in [3.8, 4) is 0 Å². The first-order valence-electron chi connectivity index (χ1n) is 8.68. The number of tetrazole rings is 1. The van der Waals surface area contributed by atoms with E-state index >= 15 is 0 Å². The van der Waals surface area contributed by atoms with Gasteiger partial charge in [-0.3, -0.25) is 4.90 Å². The van der Waals surface area contributed by atoms with Gasteiger partial charge in [0.15, 0.2) is 5.82 Å². The molecule has 24 heavy (non-hydrogen) atoms. The number of fused-ring (bicyclic) bond motifs is 1. The molecule has 0 aliphatic carbocycles. The molecule has 1 fully saturated rings. The molecule has 2 aromatic heterocycles. The van der Waals surface area contributed by atoms with E-state index in [0.717, 1.165) is 18.9 Å². The van der Waals surface area contributed by atoms with Crippen LogP contribution in [0.15, 0.2) is 24.3 Å². The molecule has 6 nitrogen and oxygen atoms in total. The number of nitrogens with one attached hydrogen (secondary N) is 1. The number of benzene rings is 1. The SMILES string of the molecule is Cc1[nH]c2ccccc2c1C1CCN([C@H](C)c2nnnn2C)CC1. The molecule has 126 valence electrons. The summed E-state index contributed by atoms with van der Waals surface area (Å²) in [6.45, 7) is 6.56. The molecular weight excluding hydrogens is 300 g/mol. The minimum absolute atomic E-state index is 0.259. The number of nitrogens with zero attached hydrogens (tertiary/aromatic N) is 5. The maximum absolute atomic E-state index is 4.17. The molecule has 3 heterocycles. The third-order valence-electron chi connectivity index (χ3n) is 5.46. The lowest BCUT2D eigenvalue weighted by atomic mass is 9.87. The average molecular weight is 324 g/mol. The van der Waals surface area contributed by atoms with Gasteiger partial charge < -0.3 is 4.98 Å². The first kappa shape index (κ1) is 15.3. The predicted octanol–water partition coefficient (Wildman–Crippen LogP) is 2.94. The van der Waals surface area contributed by atoms with E-state index in [1.807, 2.05) is 7.05 Å². The van der Waals surface area contributed by atoms with Crippen LogP contribution in [0.1, 0.15) is 48.8 Å². The molecule has 1 saturated heterocycles. The fraction of sp³-hybridized carbons (Fsp3) is 0.500. The summed E-state index contributed by atoms with van der Waals surface area (Å²) in [7, 11) is 1.91. The average Bonchev–Trinajstić information content (AvgIpc) is 3.16. The lowest BCUT2D eigenvalue weighted by Gasteiger charge is -2.35. The zero-order chi connectivity index (χ0) is 16.7. The van der Waals surface area contributed by atoms with Crippen LogP contribution in [-0.2, 0) is 7.05 Å². The summed E-state index contributed by atoms with van der Waals surface area (Å²) in [5, 5.41) is 13.3. The van der Waals surface area contributed by atoms with E-state index in [4.69, 9.17) is 0 Å². The van der Waals surface area contributed by atoms with Gasteiger partial charge in [0.2, 0.25) is 0 Å². The molecule has 1 aliphatic heterocycles. The summed E-state index contributed by atoms with van der Waals surface area (Å²) in [4.78, 5) is 6.04. The van der Waals surface area contributed by atoms with Crippen LogP contribution >= 0.6 is 0 Å². The second-order valence-corrected chi connectivity index (χ2v) is 6.86. The minimum Gasteiger partial charge on any atom is -0.358 e. The Morgan fingerprint density at radius 2 is 1.96 bits per heavy atom. The van der Waals surface area contributed by atoms with Gasteiger partial charge in [0.25, 0.3) is 0 Å². The lowest BCUT2D eigenvalue weighted by Crippen LogP contribution is -2.36. The van der Waals surface area contributed by atoms with Crippen molar-refractivity contribution in [3.63, 3.8) is 0 Å². The van der Waals surface area contributed by atoms with Crippen molar-refractivity contribution in [2.45, 2.75) is 38.6 Å². The summed E-state index contributed by atoms with van der Waals surface area (Å²) >= 11 is 0. The highest BCUT2D eigenvalue weighted by atomic mass is 15.5. The van der Waals surface area contributed by atoms with Crippen molar-refractivity contribution in [2.24, 2.45) is 7.05 Å². The Kier molecular flexibility index (Phi) is 3.84. The molecule has 1 atom stereocenters. The number of aryl methyl sites for hydroxylation is 2.